The molecule has 0 aliphatic rings. The van der Waals surface area contributed by atoms with E-state index in [1.54, 1.807) is 31.3 Å². The van der Waals surface area contributed by atoms with Crippen LogP contribution in [0.3, 0.4) is 0 Å². The average molecular weight is 411 g/mol. The van der Waals surface area contributed by atoms with Crippen molar-refractivity contribution in [1.82, 2.24) is 9.13 Å². The van der Waals surface area contributed by atoms with E-state index >= 15 is 0 Å². The molecule has 1 heterocycles. The van der Waals surface area contributed by atoms with Crippen LogP contribution in [0.1, 0.15) is 21.5 Å². The fraction of sp³-hybridized carbons (Fsp3) is 0.0833. The summed E-state index contributed by atoms with van der Waals surface area (Å²) in [4.78, 5) is 37.0. The lowest BCUT2D eigenvalue weighted by Crippen LogP contribution is -2.39. The quantitative estimate of drug-likeness (QED) is 0.556. The molecule has 0 radical (unpaired) electrons. The number of nitrogens with zero attached hydrogens (tertiary/aromatic N) is 3. The molecule has 152 valence electrons. The molecule has 31 heavy (non-hydrogen) atoms. The van der Waals surface area contributed by atoms with Gasteiger partial charge in [0, 0.05) is 7.05 Å². The summed E-state index contributed by atoms with van der Waals surface area (Å²) in [5.41, 5.74) is 2.27. The third-order valence-electron chi connectivity index (χ3n) is 5.25. The van der Waals surface area contributed by atoms with E-state index in [1.165, 1.54) is 22.8 Å². The van der Waals surface area contributed by atoms with E-state index in [0.29, 0.717) is 11.1 Å². The maximum Gasteiger partial charge on any atom is 0.335 e. The molecule has 4 rings (SSSR count). The Morgan fingerprint density at radius 2 is 1.74 bits per heavy atom. The van der Waals surface area contributed by atoms with E-state index in [9.17, 15) is 24.8 Å². The molecule has 3 aromatic carbocycles. The highest BCUT2D eigenvalue weighted by Crippen LogP contribution is 2.23. The summed E-state index contributed by atoms with van der Waals surface area (Å²) in [6.45, 7) is 0.0406. The van der Waals surface area contributed by atoms with E-state index in [4.69, 9.17) is 0 Å². The second kappa shape index (κ2) is 7.76. The van der Waals surface area contributed by atoms with Crippen LogP contribution in [-0.2, 0) is 13.6 Å². The molecule has 0 aliphatic carbocycles. The van der Waals surface area contributed by atoms with E-state index in [0.717, 1.165) is 21.3 Å². The van der Waals surface area contributed by atoms with Gasteiger partial charge in [-0.25, -0.2) is 9.59 Å². The summed E-state index contributed by atoms with van der Waals surface area (Å²) >= 11 is 0. The number of hydrogen-bond acceptors (Lipinski definition) is 4. The van der Waals surface area contributed by atoms with E-state index in [2.05, 4.69) is 6.07 Å². The standard InChI is InChI=1S/C24H17N3O4/c1-26-21-11-10-17(23(29)30)12-20(21)22(28)27(24(26)31)14-15-6-8-16(9-7-15)19-5-3-2-4-18(19)13-25/h2-12H,14H2,1H3,(H,29,30). The molecule has 4 aromatic rings. The minimum absolute atomic E-state index is 0.0182. The third kappa shape index (κ3) is 3.51. The van der Waals surface area contributed by atoms with E-state index < -0.39 is 17.2 Å². The first-order chi connectivity index (χ1) is 14.9. The molecule has 0 bridgehead atoms. The fourth-order valence-corrected chi connectivity index (χ4v) is 3.59. The number of aryl methyl sites for hydroxylation is 1. The first-order valence-corrected chi connectivity index (χ1v) is 9.46. The Labute approximate surface area is 176 Å². The molecule has 0 fully saturated rings. The number of carbonyl (C=O) groups is 1. The molecule has 1 aromatic heterocycles. The molecule has 0 aliphatic heterocycles. The molecule has 0 saturated heterocycles. The van der Waals surface area contributed by atoms with Gasteiger partial charge in [-0.1, -0.05) is 42.5 Å². The Morgan fingerprint density at radius 3 is 2.42 bits per heavy atom. The second-order valence-corrected chi connectivity index (χ2v) is 7.12. The predicted octanol–water partition coefficient (Wildman–Crippen LogP) is 2.99. The molecular formula is C24H17N3O4. The summed E-state index contributed by atoms with van der Waals surface area (Å²) in [6, 6.07) is 20.8. The normalized spacial score (nSPS) is 10.7. The summed E-state index contributed by atoms with van der Waals surface area (Å²) in [7, 11) is 1.54. The molecule has 0 spiro atoms. The van der Waals surface area contributed by atoms with Crippen molar-refractivity contribution in [3.63, 3.8) is 0 Å². The van der Waals surface area contributed by atoms with Crippen molar-refractivity contribution in [3.8, 4) is 17.2 Å². The molecule has 0 amide bonds. The molecule has 0 unspecified atom stereocenters. The first kappa shape index (κ1) is 19.9. The van der Waals surface area contributed by atoms with Crippen LogP contribution in [0.25, 0.3) is 22.0 Å². The molecular weight excluding hydrogens is 394 g/mol. The Morgan fingerprint density at radius 1 is 1.03 bits per heavy atom. The monoisotopic (exact) mass is 411 g/mol. The SMILES string of the molecule is Cn1c(=O)n(Cc2ccc(-c3ccccc3C#N)cc2)c(=O)c2cc(C(=O)O)ccc21. The van der Waals surface area contributed by atoms with Crippen LogP contribution in [0.5, 0.6) is 0 Å². The van der Waals surface area contributed by atoms with Gasteiger partial charge in [0.15, 0.2) is 0 Å². The smallest absolute Gasteiger partial charge is 0.335 e. The second-order valence-electron chi connectivity index (χ2n) is 7.12. The van der Waals surface area contributed by atoms with Gasteiger partial charge in [-0.2, -0.15) is 5.26 Å². The average Bonchev–Trinajstić information content (AvgIpc) is 2.80. The van der Waals surface area contributed by atoms with Gasteiger partial charge in [0.25, 0.3) is 5.56 Å². The van der Waals surface area contributed by atoms with Crippen LogP contribution in [0, 0.1) is 11.3 Å². The van der Waals surface area contributed by atoms with Crippen LogP contribution in [-0.4, -0.2) is 20.2 Å². The van der Waals surface area contributed by atoms with Gasteiger partial charge in [0.2, 0.25) is 0 Å². The zero-order chi connectivity index (χ0) is 22.1. The zero-order valence-corrected chi connectivity index (χ0v) is 16.6. The maximum atomic E-state index is 13.0. The third-order valence-corrected chi connectivity index (χ3v) is 5.25. The van der Waals surface area contributed by atoms with E-state index in [-0.39, 0.29) is 17.5 Å². The van der Waals surface area contributed by atoms with Crippen molar-refractivity contribution in [2.45, 2.75) is 6.54 Å². The number of carboxylic acids is 1. The summed E-state index contributed by atoms with van der Waals surface area (Å²) < 4.78 is 2.42. The maximum absolute atomic E-state index is 13.0. The van der Waals surface area contributed by atoms with Gasteiger partial charge in [-0.15, -0.1) is 0 Å². The van der Waals surface area contributed by atoms with Crippen LogP contribution >= 0.6 is 0 Å². The Balaban J connectivity index is 1.77. The number of benzene rings is 3. The van der Waals surface area contributed by atoms with Crippen LogP contribution in [0.15, 0.2) is 76.3 Å². The number of hydrogen-bond donors (Lipinski definition) is 1. The summed E-state index contributed by atoms with van der Waals surface area (Å²) in [5.74, 6) is -1.14. The van der Waals surface area contributed by atoms with Gasteiger partial charge in [0.05, 0.1) is 34.6 Å². The van der Waals surface area contributed by atoms with Crippen molar-refractivity contribution in [2.75, 3.05) is 0 Å². The Hall–Kier alpha value is -4.44. The van der Waals surface area contributed by atoms with Crippen molar-refractivity contribution < 1.29 is 9.90 Å². The molecule has 1 N–H and O–H groups in total. The number of aromatic nitrogens is 2. The number of rotatable bonds is 4. The first-order valence-electron chi connectivity index (χ1n) is 9.46. The van der Waals surface area contributed by atoms with Crippen molar-refractivity contribution in [2.24, 2.45) is 7.05 Å². The number of nitriles is 1. The molecule has 7 heteroatoms. The van der Waals surface area contributed by atoms with Crippen LogP contribution in [0.4, 0.5) is 0 Å². The topological polar surface area (TPSA) is 105 Å². The lowest BCUT2D eigenvalue weighted by Gasteiger charge is -2.12. The van der Waals surface area contributed by atoms with Crippen molar-refractivity contribution >= 4 is 16.9 Å². The highest BCUT2D eigenvalue weighted by Gasteiger charge is 2.14. The van der Waals surface area contributed by atoms with Crippen LogP contribution < -0.4 is 11.2 Å². The fourth-order valence-electron chi connectivity index (χ4n) is 3.59. The largest absolute Gasteiger partial charge is 0.478 e. The minimum atomic E-state index is -1.14. The highest BCUT2D eigenvalue weighted by atomic mass is 16.4. The van der Waals surface area contributed by atoms with Crippen LogP contribution in [0.2, 0.25) is 0 Å². The lowest BCUT2D eigenvalue weighted by atomic mass is 9.99. The molecule has 7 nitrogen and oxygen atoms in total. The minimum Gasteiger partial charge on any atom is -0.478 e. The number of carboxylic acid groups (broad SMARTS) is 1. The Bertz CT molecular complexity index is 1490. The van der Waals surface area contributed by atoms with E-state index in [1.807, 2.05) is 24.3 Å². The summed E-state index contributed by atoms with van der Waals surface area (Å²) in [5, 5.41) is 18.7. The highest BCUT2D eigenvalue weighted by molar-refractivity contribution is 5.93. The van der Waals surface area contributed by atoms with Gasteiger partial charge < -0.3 is 5.11 Å². The van der Waals surface area contributed by atoms with Crippen molar-refractivity contribution in [1.29, 1.82) is 5.26 Å². The zero-order valence-electron chi connectivity index (χ0n) is 16.6. The van der Waals surface area contributed by atoms with Crippen molar-refractivity contribution in [3.05, 3.63) is 104 Å². The molecule has 0 saturated carbocycles. The number of aromatic carboxylic acids is 1. The van der Waals surface area contributed by atoms with Gasteiger partial charge in [-0.05, 0) is 41.0 Å². The molecule has 0 atom stereocenters. The lowest BCUT2D eigenvalue weighted by molar-refractivity contribution is 0.0697. The van der Waals surface area contributed by atoms with Gasteiger partial charge in [-0.3, -0.25) is 13.9 Å². The predicted molar refractivity (Wildman–Crippen MR) is 116 cm³/mol. The Kier molecular flexibility index (Phi) is 4.97. The van der Waals surface area contributed by atoms with Gasteiger partial charge >= 0.3 is 11.7 Å². The number of fused-ring (bicyclic) bond motifs is 1. The summed E-state index contributed by atoms with van der Waals surface area (Å²) in [6.07, 6.45) is 0. The van der Waals surface area contributed by atoms with Gasteiger partial charge in [0.1, 0.15) is 0 Å².